The SMILES string of the molecule is C=CCNC(=O)c1sc2ncnc(NCc3cccc(OC)c3OC)c2c1C. The van der Waals surface area contributed by atoms with Crippen LogP contribution >= 0.6 is 11.3 Å². The van der Waals surface area contributed by atoms with Crippen molar-refractivity contribution in [3.63, 3.8) is 0 Å². The number of para-hydroxylation sites is 1. The number of amides is 1. The molecule has 1 aromatic carbocycles. The first-order valence-corrected chi connectivity index (χ1v) is 9.49. The maximum absolute atomic E-state index is 12.4. The molecular weight excluding hydrogens is 376 g/mol. The van der Waals surface area contributed by atoms with E-state index >= 15 is 0 Å². The second-order valence-corrected chi connectivity index (χ2v) is 6.96. The third kappa shape index (κ3) is 3.77. The number of nitrogens with one attached hydrogen (secondary N) is 2. The van der Waals surface area contributed by atoms with E-state index in [2.05, 4.69) is 27.2 Å². The number of aryl methyl sites for hydroxylation is 1. The fraction of sp³-hybridized carbons (Fsp3) is 0.250. The molecule has 3 rings (SSSR count). The third-order valence-corrected chi connectivity index (χ3v) is 5.47. The topological polar surface area (TPSA) is 85.4 Å². The number of hydrogen-bond donors (Lipinski definition) is 2. The van der Waals surface area contributed by atoms with Crippen molar-refractivity contribution in [2.24, 2.45) is 0 Å². The van der Waals surface area contributed by atoms with Gasteiger partial charge in [0.1, 0.15) is 17.0 Å². The number of carbonyl (C=O) groups is 1. The summed E-state index contributed by atoms with van der Waals surface area (Å²) in [5.74, 6) is 1.88. The summed E-state index contributed by atoms with van der Waals surface area (Å²) < 4.78 is 10.8. The Morgan fingerprint density at radius 3 is 2.82 bits per heavy atom. The van der Waals surface area contributed by atoms with Crippen molar-refractivity contribution in [2.45, 2.75) is 13.5 Å². The number of thiophene rings is 1. The number of aromatic nitrogens is 2. The van der Waals surface area contributed by atoms with Gasteiger partial charge in [0, 0.05) is 18.7 Å². The van der Waals surface area contributed by atoms with E-state index in [1.165, 1.54) is 17.7 Å². The number of anilines is 1. The Balaban J connectivity index is 1.91. The molecule has 8 heteroatoms. The van der Waals surface area contributed by atoms with E-state index in [4.69, 9.17) is 9.47 Å². The van der Waals surface area contributed by atoms with Crippen molar-refractivity contribution in [3.05, 3.63) is 53.2 Å². The van der Waals surface area contributed by atoms with E-state index < -0.39 is 0 Å². The Labute approximate surface area is 167 Å². The van der Waals surface area contributed by atoms with Gasteiger partial charge in [0.05, 0.1) is 24.5 Å². The number of ether oxygens (including phenoxy) is 2. The molecule has 0 aliphatic rings. The molecule has 0 saturated heterocycles. The first-order valence-electron chi connectivity index (χ1n) is 8.67. The number of fused-ring (bicyclic) bond motifs is 1. The highest BCUT2D eigenvalue weighted by atomic mass is 32.1. The highest BCUT2D eigenvalue weighted by Gasteiger charge is 2.19. The van der Waals surface area contributed by atoms with Gasteiger partial charge < -0.3 is 20.1 Å². The predicted molar refractivity (Wildman–Crippen MR) is 112 cm³/mol. The lowest BCUT2D eigenvalue weighted by atomic mass is 10.1. The Kier molecular flexibility index (Phi) is 6.10. The summed E-state index contributed by atoms with van der Waals surface area (Å²) in [4.78, 5) is 22.5. The van der Waals surface area contributed by atoms with E-state index in [0.29, 0.717) is 35.3 Å². The molecule has 0 unspecified atom stereocenters. The molecule has 0 aliphatic carbocycles. The molecule has 0 atom stereocenters. The maximum atomic E-state index is 12.4. The Bertz CT molecular complexity index is 1020. The summed E-state index contributed by atoms with van der Waals surface area (Å²) in [7, 11) is 3.22. The molecule has 146 valence electrons. The third-order valence-electron chi connectivity index (χ3n) is 4.27. The Hall–Kier alpha value is -3.13. The van der Waals surface area contributed by atoms with Gasteiger partial charge >= 0.3 is 0 Å². The summed E-state index contributed by atoms with van der Waals surface area (Å²) in [5.41, 5.74) is 1.78. The molecule has 0 radical (unpaired) electrons. The zero-order valence-electron chi connectivity index (χ0n) is 16.0. The summed E-state index contributed by atoms with van der Waals surface area (Å²) in [5, 5.41) is 6.99. The lowest BCUT2D eigenvalue weighted by molar-refractivity contribution is 0.0961. The van der Waals surface area contributed by atoms with Crippen molar-refractivity contribution in [2.75, 3.05) is 26.1 Å². The van der Waals surface area contributed by atoms with Crippen LogP contribution in [0.1, 0.15) is 20.8 Å². The van der Waals surface area contributed by atoms with Crippen LogP contribution < -0.4 is 20.1 Å². The van der Waals surface area contributed by atoms with Gasteiger partial charge in [0.15, 0.2) is 11.5 Å². The normalized spacial score (nSPS) is 10.5. The van der Waals surface area contributed by atoms with Gasteiger partial charge in [-0.05, 0) is 18.6 Å². The minimum Gasteiger partial charge on any atom is -0.493 e. The molecule has 1 amide bonds. The predicted octanol–water partition coefficient (Wildman–Crippen LogP) is 3.54. The highest BCUT2D eigenvalue weighted by Crippen LogP contribution is 2.35. The van der Waals surface area contributed by atoms with Crippen LogP contribution in [0, 0.1) is 6.92 Å². The van der Waals surface area contributed by atoms with E-state index in [9.17, 15) is 4.79 Å². The Morgan fingerprint density at radius 2 is 2.11 bits per heavy atom. The number of rotatable bonds is 8. The molecule has 0 spiro atoms. The van der Waals surface area contributed by atoms with Crippen LogP contribution in [0.5, 0.6) is 11.5 Å². The fourth-order valence-electron chi connectivity index (χ4n) is 2.94. The zero-order chi connectivity index (χ0) is 20.1. The van der Waals surface area contributed by atoms with Gasteiger partial charge in [-0.2, -0.15) is 0 Å². The van der Waals surface area contributed by atoms with Gasteiger partial charge in [0.2, 0.25) is 0 Å². The molecule has 3 aromatic rings. The molecule has 28 heavy (non-hydrogen) atoms. The van der Waals surface area contributed by atoms with Gasteiger partial charge in [-0.15, -0.1) is 17.9 Å². The molecule has 0 fully saturated rings. The zero-order valence-corrected chi connectivity index (χ0v) is 16.9. The van der Waals surface area contributed by atoms with Crippen molar-refractivity contribution in [1.82, 2.24) is 15.3 Å². The molecule has 2 N–H and O–H groups in total. The van der Waals surface area contributed by atoms with Gasteiger partial charge in [-0.3, -0.25) is 4.79 Å². The molecule has 2 heterocycles. The van der Waals surface area contributed by atoms with Crippen LogP contribution in [0.2, 0.25) is 0 Å². The minimum atomic E-state index is -0.138. The molecule has 0 saturated carbocycles. The number of hydrogen-bond acceptors (Lipinski definition) is 7. The van der Waals surface area contributed by atoms with E-state index in [-0.39, 0.29) is 5.91 Å². The fourth-order valence-corrected chi connectivity index (χ4v) is 4.00. The van der Waals surface area contributed by atoms with E-state index in [0.717, 1.165) is 21.3 Å². The second kappa shape index (κ2) is 8.71. The largest absolute Gasteiger partial charge is 0.493 e. The number of nitrogens with zero attached hydrogens (tertiary/aromatic N) is 2. The smallest absolute Gasteiger partial charge is 0.261 e. The quantitative estimate of drug-likeness (QED) is 0.565. The molecule has 0 aliphatic heterocycles. The summed E-state index contributed by atoms with van der Waals surface area (Å²) in [6.07, 6.45) is 3.14. The van der Waals surface area contributed by atoms with Crippen LogP contribution in [0.3, 0.4) is 0 Å². The average Bonchev–Trinajstić information content (AvgIpc) is 3.07. The summed E-state index contributed by atoms with van der Waals surface area (Å²) >= 11 is 1.35. The number of methoxy groups -OCH3 is 2. The van der Waals surface area contributed by atoms with Crippen molar-refractivity contribution >= 4 is 33.3 Å². The van der Waals surface area contributed by atoms with Crippen LogP contribution in [0.4, 0.5) is 5.82 Å². The van der Waals surface area contributed by atoms with Crippen LogP contribution in [-0.2, 0) is 6.54 Å². The molecule has 0 bridgehead atoms. The first-order chi connectivity index (χ1) is 13.6. The molecular formula is C20H22N4O3S. The van der Waals surface area contributed by atoms with Gasteiger partial charge in [0.25, 0.3) is 5.91 Å². The minimum absolute atomic E-state index is 0.138. The number of carbonyl (C=O) groups excluding carboxylic acids is 1. The van der Waals surface area contributed by atoms with Gasteiger partial charge in [-0.25, -0.2) is 9.97 Å². The molecule has 7 nitrogen and oxygen atoms in total. The number of benzene rings is 1. The summed E-state index contributed by atoms with van der Waals surface area (Å²) in [6, 6.07) is 5.72. The van der Waals surface area contributed by atoms with Crippen LogP contribution in [0.15, 0.2) is 37.2 Å². The lowest BCUT2D eigenvalue weighted by Crippen LogP contribution is -2.22. The highest BCUT2D eigenvalue weighted by molar-refractivity contribution is 7.20. The first kappa shape index (κ1) is 19.6. The average molecular weight is 398 g/mol. The monoisotopic (exact) mass is 398 g/mol. The van der Waals surface area contributed by atoms with E-state index in [1.807, 2.05) is 25.1 Å². The standard InChI is InChI=1S/C20H22N4O3S/c1-5-9-21-19(25)17-12(2)15-18(23-11-24-20(15)28-17)22-10-13-7-6-8-14(26-3)16(13)27-4/h5-8,11H,1,9-10H2,2-4H3,(H,21,25)(H,22,23,24). The van der Waals surface area contributed by atoms with Crippen molar-refractivity contribution in [3.8, 4) is 11.5 Å². The summed E-state index contributed by atoms with van der Waals surface area (Å²) in [6.45, 7) is 6.43. The van der Waals surface area contributed by atoms with Crippen LogP contribution in [-0.4, -0.2) is 36.6 Å². The van der Waals surface area contributed by atoms with Crippen molar-refractivity contribution in [1.29, 1.82) is 0 Å². The lowest BCUT2D eigenvalue weighted by Gasteiger charge is -2.13. The maximum Gasteiger partial charge on any atom is 0.261 e. The van der Waals surface area contributed by atoms with E-state index in [1.54, 1.807) is 20.3 Å². The van der Waals surface area contributed by atoms with Crippen LogP contribution in [0.25, 0.3) is 10.2 Å². The van der Waals surface area contributed by atoms with Crippen molar-refractivity contribution < 1.29 is 14.3 Å². The van der Waals surface area contributed by atoms with Gasteiger partial charge in [-0.1, -0.05) is 18.2 Å². The molecule has 2 aromatic heterocycles. The Morgan fingerprint density at radius 1 is 1.29 bits per heavy atom. The second-order valence-electron chi connectivity index (χ2n) is 5.96.